The Morgan fingerprint density at radius 3 is 3.00 bits per heavy atom. The third-order valence-corrected chi connectivity index (χ3v) is 3.77. The number of anilines is 1. The van der Waals surface area contributed by atoms with E-state index in [0.717, 1.165) is 22.5 Å². The van der Waals surface area contributed by atoms with Crippen LogP contribution in [0.3, 0.4) is 0 Å². The predicted molar refractivity (Wildman–Crippen MR) is 81.4 cm³/mol. The van der Waals surface area contributed by atoms with E-state index in [1.165, 1.54) is 6.42 Å². The number of rotatable bonds is 4. The number of hydrogen-bond donors (Lipinski definition) is 1. The quantitative estimate of drug-likeness (QED) is 0.856. The Bertz CT molecular complexity index is 658. The number of nitrogens with zero attached hydrogens (tertiary/aromatic N) is 1. The second-order valence-corrected chi connectivity index (χ2v) is 5.44. The van der Waals surface area contributed by atoms with Crippen LogP contribution in [-0.4, -0.2) is 10.9 Å². The lowest BCUT2D eigenvalue weighted by atomic mass is 10.2. The monoisotopic (exact) mass is 266 g/mol. The molecular weight excluding hydrogens is 248 g/mol. The highest BCUT2D eigenvalue weighted by atomic mass is 16.1. The lowest BCUT2D eigenvalue weighted by Gasteiger charge is -2.06. The smallest absolute Gasteiger partial charge is 0.228 e. The molecule has 0 aliphatic heterocycles. The van der Waals surface area contributed by atoms with Gasteiger partial charge in [0.05, 0.1) is 11.2 Å². The summed E-state index contributed by atoms with van der Waals surface area (Å²) in [5.74, 6) is 1.48. The number of hydrogen-bond acceptors (Lipinski definition) is 2. The molecule has 0 saturated heterocycles. The van der Waals surface area contributed by atoms with Crippen molar-refractivity contribution in [1.82, 2.24) is 4.98 Å². The minimum atomic E-state index is 0.00714. The van der Waals surface area contributed by atoms with Crippen LogP contribution in [0.4, 0.5) is 5.69 Å². The molecule has 0 bridgehead atoms. The van der Waals surface area contributed by atoms with Crippen LogP contribution in [0.5, 0.6) is 0 Å². The van der Waals surface area contributed by atoms with Gasteiger partial charge >= 0.3 is 0 Å². The normalized spacial score (nSPS) is 21.2. The zero-order valence-corrected chi connectivity index (χ0v) is 11.5. The van der Waals surface area contributed by atoms with E-state index in [0.29, 0.717) is 12.3 Å². The summed E-state index contributed by atoms with van der Waals surface area (Å²) in [4.78, 5) is 16.3. The second-order valence-electron chi connectivity index (χ2n) is 5.44. The number of pyridine rings is 1. The van der Waals surface area contributed by atoms with Gasteiger partial charge in [-0.25, -0.2) is 0 Å². The molecule has 20 heavy (non-hydrogen) atoms. The van der Waals surface area contributed by atoms with Gasteiger partial charge in [0.2, 0.25) is 5.91 Å². The summed E-state index contributed by atoms with van der Waals surface area (Å²) in [6.07, 6.45) is 7.55. The highest BCUT2D eigenvalue weighted by Gasteiger charge is 2.29. The molecule has 2 aromatic rings. The number of carbonyl (C=O) groups excluding carboxylic acids is 1. The summed E-state index contributed by atoms with van der Waals surface area (Å²) in [5.41, 5.74) is 1.62. The fraction of sp³-hybridized carbons (Fsp3) is 0.294. The zero-order valence-electron chi connectivity index (χ0n) is 11.5. The third kappa shape index (κ3) is 2.87. The Kier molecular flexibility index (Phi) is 3.50. The Labute approximate surface area is 118 Å². The number of fused-ring (bicyclic) bond motifs is 1. The molecule has 102 valence electrons. The van der Waals surface area contributed by atoms with Gasteiger partial charge in [0.25, 0.3) is 0 Å². The number of amides is 1. The van der Waals surface area contributed by atoms with E-state index >= 15 is 0 Å². The minimum Gasteiger partial charge on any atom is -0.324 e. The Balaban J connectivity index is 1.66. The molecular formula is C17H18N2O. The van der Waals surface area contributed by atoms with Crippen molar-refractivity contribution >= 4 is 22.5 Å². The maximum absolute atomic E-state index is 11.9. The Morgan fingerprint density at radius 1 is 1.40 bits per heavy atom. The molecule has 3 rings (SSSR count). The largest absolute Gasteiger partial charge is 0.324 e. The summed E-state index contributed by atoms with van der Waals surface area (Å²) < 4.78 is 0. The number of nitrogens with one attached hydrogen (secondary N) is 1. The fourth-order valence-corrected chi connectivity index (χ4v) is 2.38. The van der Waals surface area contributed by atoms with Gasteiger partial charge in [0, 0.05) is 18.0 Å². The molecule has 1 N–H and O–H groups in total. The molecule has 2 unspecified atom stereocenters. The molecule has 1 saturated carbocycles. The van der Waals surface area contributed by atoms with Crippen molar-refractivity contribution in [2.45, 2.75) is 19.8 Å². The number of allylic oxidation sites excluding steroid dienone is 1. The van der Waals surface area contributed by atoms with E-state index in [4.69, 9.17) is 0 Å². The van der Waals surface area contributed by atoms with Crippen molar-refractivity contribution in [3.05, 3.63) is 48.7 Å². The van der Waals surface area contributed by atoms with Crippen molar-refractivity contribution in [3.63, 3.8) is 0 Å². The van der Waals surface area contributed by atoms with Crippen LogP contribution in [0.15, 0.2) is 48.7 Å². The summed E-state index contributed by atoms with van der Waals surface area (Å²) in [6.45, 7) is 2.23. The van der Waals surface area contributed by atoms with Crippen molar-refractivity contribution in [2.24, 2.45) is 11.8 Å². The number of para-hydroxylation sites is 1. The van der Waals surface area contributed by atoms with E-state index < -0.39 is 0 Å². The summed E-state index contributed by atoms with van der Waals surface area (Å²) in [5, 5.41) is 3.97. The zero-order chi connectivity index (χ0) is 13.9. The molecule has 3 heteroatoms. The van der Waals surface area contributed by atoms with Crippen LogP contribution in [0.2, 0.25) is 0 Å². The molecule has 1 aliphatic rings. The molecule has 1 amide bonds. The molecule has 2 atom stereocenters. The lowest BCUT2D eigenvalue weighted by Crippen LogP contribution is -2.10. The average Bonchev–Trinajstić information content (AvgIpc) is 3.15. The first-order valence-electron chi connectivity index (χ1n) is 7.04. The maximum Gasteiger partial charge on any atom is 0.228 e. The molecule has 1 heterocycles. The second kappa shape index (κ2) is 5.45. The van der Waals surface area contributed by atoms with Crippen molar-refractivity contribution in [2.75, 3.05) is 5.32 Å². The highest BCUT2D eigenvalue weighted by molar-refractivity contribution is 6.00. The van der Waals surface area contributed by atoms with E-state index in [1.807, 2.05) is 36.4 Å². The van der Waals surface area contributed by atoms with Gasteiger partial charge in [-0.05, 0) is 30.4 Å². The van der Waals surface area contributed by atoms with Crippen molar-refractivity contribution in [1.29, 1.82) is 0 Å². The first-order valence-corrected chi connectivity index (χ1v) is 7.04. The van der Waals surface area contributed by atoms with E-state index in [2.05, 4.69) is 23.3 Å². The standard InChI is InChI=1S/C17H18N2O/c1-12-11-14(12)6-3-9-16(20)19-15-8-2-5-13-7-4-10-18-17(13)15/h2-8,10,12,14H,9,11H2,1H3,(H,19,20). The molecule has 1 aromatic carbocycles. The minimum absolute atomic E-state index is 0.00714. The first-order chi connectivity index (χ1) is 9.74. The molecule has 1 fully saturated rings. The SMILES string of the molecule is CC1CC1C=CCC(=O)Nc1cccc2cccnc12. The number of aromatic nitrogens is 1. The van der Waals surface area contributed by atoms with Gasteiger partial charge in [-0.1, -0.05) is 37.3 Å². The summed E-state index contributed by atoms with van der Waals surface area (Å²) in [6, 6.07) is 9.70. The van der Waals surface area contributed by atoms with Gasteiger partial charge in [0.15, 0.2) is 0 Å². The van der Waals surface area contributed by atoms with E-state index in [9.17, 15) is 4.79 Å². The molecule has 0 spiro atoms. The van der Waals surface area contributed by atoms with E-state index in [1.54, 1.807) is 6.20 Å². The molecule has 3 nitrogen and oxygen atoms in total. The molecule has 1 aromatic heterocycles. The van der Waals surface area contributed by atoms with Gasteiger partial charge in [-0.3, -0.25) is 9.78 Å². The Morgan fingerprint density at radius 2 is 2.20 bits per heavy atom. The van der Waals surface area contributed by atoms with Gasteiger partial charge in [0.1, 0.15) is 0 Å². The third-order valence-electron chi connectivity index (χ3n) is 3.77. The average molecular weight is 266 g/mol. The summed E-state index contributed by atoms with van der Waals surface area (Å²) >= 11 is 0. The van der Waals surface area contributed by atoms with E-state index in [-0.39, 0.29) is 5.91 Å². The van der Waals surface area contributed by atoms with Crippen LogP contribution in [0, 0.1) is 11.8 Å². The fourth-order valence-electron chi connectivity index (χ4n) is 2.38. The van der Waals surface area contributed by atoms with Gasteiger partial charge in [-0.15, -0.1) is 0 Å². The van der Waals surface area contributed by atoms with Crippen molar-refractivity contribution < 1.29 is 4.79 Å². The topological polar surface area (TPSA) is 42.0 Å². The predicted octanol–water partition coefficient (Wildman–Crippen LogP) is 3.78. The van der Waals surface area contributed by atoms with Crippen LogP contribution < -0.4 is 5.32 Å². The van der Waals surface area contributed by atoms with Crippen LogP contribution >= 0.6 is 0 Å². The number of carbonyl (C=O) groups is 1. The Hall–Kier alpha value is -2.16. The maximum atomic E-state index is 11.9. The molecule has 0 radical (unpaired) electrons. The van der Waals surface area contributed by atoms with Crippen molar-refractivity contribution in [3.8, 4) is 0 Å². The van der Waals surface area contributed by atoms with Crippen LogP contribution in [0.1, 0.15) is 19.8 Å². The molecule has 1 aliphatic carbocycles. The first kappa shape index (κ1) is 12.9. The lowest BCUT2D eigenvalue weighted by molar-refractivity contribution is -0.115. The van der Waals surface area contributed by atoms with Gasteiger partial charge < -0.3 is 5.32 Å². The van der Waals surface area contributed by atoms with Crippen LogP contribution in [0.25, 0.3) is 10.9 Å². The number of benzene rings is 1. The summed E-state index contributed by atoms with van der Waals surface area (Å²) in [7, 11) is 0. The van der Waals surface area contributed by atoms with Crippen LogP contribution in [-0.2, 0) is 4.79 Å². The highest BCUT2D eigenvalue weighted by Crippen LogP contribution is 2.38. The van der Waals surface area contributed by atoms with Gasteiger partial charge in [-0.2, -0.15) is 0 Å².